The van der Waals surface area contributed by atoms with Crippen LogP contribution in [0.15, 0.2) is 28.7 Å². The van der Waals surface area contributed by atoms with E-state index in [0.29, 0.717) is 5.69 Å². The number of hydrogen-bond acceptors (Lipinski definition) is 3. The maximum Gasteiger partial charge on any atom is 0.240 e. The molecule has 1 rings (SSSR count). The molecule has 5 nitrogen and oxygen atoms in total. The summed E-state index contributed by atoms with van der Waals surface area (Å²) in [4.78, 5) is 21.8. The number of amides is 2. The zero-order chi connectivity index (χ0) is 12.1. The third-order valence-electron chi connectivity index (χ3n) is 1.91. The summed E-state index contributed by atoms with van der Waals surface area (Å²) in [6, 6.07) is 6.40. The number of primary amides is 2. The van der Waals surface area contributed by atoms with E-state index in [1.807, 2.05) is 6.07 Å². The van der Waals surface area contributed by atoms with Gasteiger partial charge in [0.1, 0.15) is 6.04 Å². The van der Waals surface area contributed by atoms with E-state index in [9.17, 15) is 9.59 Å². The minimum atomic E-state index is -0.785. The Morgan fingerprint density at radius 1 is 1.38 bits per heavy atom. The van der Waals surface area contributed by atoms with Crippen LogP contribution in [0.4, 0.5) is 5.69 Å². The summed E-state index contributed by atoms with van der Waals surface area (Å²) < 4.78 is 0.861. The molecule has 0 fully saturated rings. The van der Waals surface area contributed by atoms with Crippen LogP contribution >= 0.6 is 15.9 Å². The molecule has 1 atom stereocenters. The van der Waals surface area contributed by atoms with E-state index in [4.69, 9.17) is 11.5 Å². The summed E-state index contributed by atoms with van der Waals surface area (Å²) >= 11 is 3.29. The van der Waals surface area contributed by atoms with Gasteiger partial charge in [0.25, 0.3) is 0 Å². The molecule has 6 heteroatoms. The Morgan fingerprint density at radius 2 is 2.06 bits per heavy atom. The number of anilines is 1. The van der Waals surface area contributed by atoms with E-state index in [2.05, 4.69) is 21.2 Å². The number of halogens is 1. The highest BCUT2D eigenvalue weighted by molar-refractivity contribution is 9.10. The quantitative estimate of drug-likeness (QED) is 0.738. The fourth-order valence-corrected chi connectivity index (χ4v) is 1.60. The van der Waals surface area contributed by atoms with Crippen LogP contribution in [0.2, 0.25) is 0 Å². The Labute approximate surface area is 101 Å². The number of nitrogens with two attached hydrogens (primary N) is 2. The number of carbonyl (C=O) groups excluding carboxylic acids is 2. The topological polar surface area (TPSA) is 98.2 Å². The first kappa shape index (κ1) is 12.5. The van der Waals surface area contributed by atoms with Gasteiger partial charge >= 0.3 is 0 Å². The smallest absolute Gasteiger partial charge is 0.240 e. The van der Waals surface area contributed by atoms with Crippen molar-refractivity contribution in [1.82, 2.24) is 0 Å². The number of carbonyl (C=O) groups is 2. The van der Waals surface area contributed by atoms with Crippen LogP contribution in [0.5, 0.6) is 0 Å². The van der Waals surface area contributed by atoms with Gasteiger partial charge in [-0.2, -0.15) is 0 Å². The third-order valence-corrected chi connectivity index (χ3v) is 2.41. The van der Waals surface area contributed by atoms with Crippen LogP contribution < -0.4 is 16.8 Å². The van der Waals surface area contributed by atoms with Crippen molar-refractivity contribution in [2.45, 2.75) is 12.5 Å². The number of rotatable bonds is 5. The molecule has 86 valence electrons. The molecule has 16 heavy (non-hydrogen) atoms. The molecule has 0 radical (unpaired) electrons. The van der Waals surface area contributed by atoms with Crippen LogP contribution in [0.1, 0.15) is 6.42 Å². The first-order valence-corrected chi connectivity index (χ1v) is 5.38. The minimum absolute atomic E-state index is 0.123. The molecule has 5 N–H and O–H groups in total. The van der Waals surface area contributed by atoms with Crippen LogP contribution in [-0.4, -0.2) is 17.9 Å². The summed E-state index contributed by atoms with van der Waals surface area (Å²) in [5.41, 5.74) is 10.9. The predicted molar refractivity (Wildman–Crippen MR) is 64.6 cm³/mol. The van der Waals surface area contributed by atoms with Crippen LogP contribution in [0.25, 0.3) is 0 Å². The number of benzene rings is 1. The van der Waals surface area contributed by atoms with Crippen molar-refractivity contribution >= 4 is 33.4 Å². The third kappa shape index (κ3) is 3.90. The Morgan fingerprint density at radius 3 is 2.56 bits per heavy atom. The van der Waals surface area contributed by atoms with Gasteiger partial charge in [0, 0.05) is 10.2 Å². The SMILES string of the molecule is NC(=O)CC(Nc1cccc(Br)c1)C(N)=O. The lowest BCUT2D eigenvalue weighted by molar-refractivity contribution is -0.123. The second-order valence-corrected chi connectivity index (χ2v) is 4.20. The molecule has 0 spiro atoms. The van der Waals surface area contributed by atoms with Crippen molar-refractivity contribution in [3.63, 3.8) is 0 Å². The highest BCUT2D eigenvalue weighted by Crippen LogP contribution is 2.16. The van der Waals surface area contributed by atoms with E-state index in [0.717, 1.165) is 4.47 Å². The molecule has 1 aromatic rings. The molecule has 1 unspecified atom stereocenters. The summed E-state index contributed by atoms with van der Waals surface area (Å²) in [6.45, 7) is 0. The molecule has 2 amide bonds. The lowest BCUT2D eigenvalue weighted by Gasteiger charge is -2.15. The van der Waals surface area contributed by atoms with Gasteiger partial charge in [0.05, 0.1) is 6.42 Å². The van der Waals surface area contributed by atoms with Crippen molar-refractivity contribution in [1.29, 1.82) is 0 Å². The van der Waals surface area contributed by atoms with Crippen LogP contribution in [0.3, 0.4) is 0 Å². The van der Waals surface area contributed by atoms with E-state index < -0.39 is 17.9 Å². The van der Waals surface area contributed by atoms with Crippen molar-refractivity contribution in [3.8, 4) is 0 Å². The molecule has 0 heterocycles. The minimum Gasteiger partial charge on any atom is -0.373 e. The first-order chi connectivity index (χ1) is 7.49. The molecule has 0 saturated carbocycles. The zero-order valence-electron chi connectivity index (χ0n) is 8.44. The zero-order valence-corrected chi connectivity index (χ0v) is 10.0. The lowest BCUT2D eigenvalue weighted by Crippen LogP contribution is -2.38. The first-order valence-electron chi connectivity index (χ1n) is 4.59. The molecular weight excluding hydrogens is 274 g/mol. The monoisotopic (exact) mass is 285 g/mol. The average Bonchev–Trinajstić information content (AvgIpc) is 2.15. The number of nitrogens with one attached hydrogen (secondary N) is 1. The Kier molecular flexibility index (Phi) is 4.30. The van der Waals surface area contributed by atoms with Gasteiger partial charge in [-0.25, -0.2) is 0 Å². The van der Waals surface area contributed by atoms with Gasteiger partial charge in [0.2, 0.25) is 11.8 Å². The summed E-state index contributed by atoms with van der Waals surface area (Å²) in [5.74, 6) is -1.19. The predicted octanol–water partition coefficient (Wildman–Crippen LogP) is 0.590. The summed E-state index contributed by atoms with van der Waals surface area (Å²) in [7, 11) is 0. The maximum absolute atomic E-state index is 11.1. The fourth-order valence-electron chi connectivity index (χ4n) is 1.20. The molecular formula is C10H12BrN3O2. The highest BCUT2D eigenvalue weighted by Gasteiger charge is 2.17. The summed E-state index contributed by atoms with van der Waals surface area (Å²) in [5, 5.41) is 2.85. The highest BCUT2D eigenvalue weighted by atomic mass is 79.9. The normalized spacial score (nSPS) is 11.8. The van der Waals surface area contributed by atoms with Gasteiger partial charge in [-0.1, -0.05) is 22.0 Å². The standard InChI is InChI=1S/C10H12BrN3O2/c11-6-2-1-3-7(4-6)14-8(10(13)16)5-9(12)15/h1-4,8,14H,5H2,(H2,12,15)(H2,13,16). The summed E-state index contributed by atoms with van der Waals surface area (Å²) in [6.07, 6.45) is -0.123. The molecule has 0 aliphatic carbocycles. The van der Waals surface area contributed by atoms with Gasteiger partial charge in [-0.05, 0) is 18.2 Å². The van der Waals surface area contributed by atoms with E-state index in [1.165, 1.54) is 0 Å². The van der Waals surface area contributed by atoms with Gasteiger partial charge in [0.15, 0.2) is 0 Å². The molecule has 0 saturated heterocycles. The average molecular weight is 286 g/mol. The molecule has 1 aromatic carbocycles. The maximum atomic E-state index is 11.1. The van der Waals surface area contributed by atoms with E-state index in [-0.39, 0.29) is 6.42 Å². The van der Waals surface area contributed by atoms with Gasteiger partial charge in [-0.15, -0.1) is 0 Å². The largest absolute Gasteiger partial charge is 0.373 e. The van der Waals surface area contributed by atoms with E-state index in [1.54, 1.807) is 18.2 Å². The molecule has 0 bridgehead atoms. The second-order valence-electron chi connectivity index (χ2n) is 3.28. The van der Waals surface area contributed by atoms with E-state index >= 15 is 0 Å². The number of hydrogen-bond donors (Lipinski definition) is 3. The van der Waals surface area contributed by atoms with Crippen LogP contribution in [-0.2, 0) is 9.59 Å². The Hall–Kier alpha value is -1.56. The van der Waals surface area contributed by atoms with Gasteiger partial charge in [-0.3, -0.25) is 9.59 Å². The van der Waals surface area contributed by atoms with Crippen LogP contribution in [0, 0.1) is 0 Å². The second kappa shape index (κ2) is 5.50. The van der Waals surface area contributed by atoms with Crippen molar-refractivity contribution < 1.29 is 9.59 Å². The van der Waals surface area contributed by atoms with Crippen molar-refractivity contribution in [3.05, 3.63) is 28.7 Å². The Balaban J connectivity index is 2.75. The molecule has 0 aromatic heterocycles. The van der Waals surface area contributed by atoms with Gasteiger partial charge < -0.3 is 16.8 Å². The Bertz CT molecular complexity index is 409. The van der Waals surface area contributed by atoms with Crippen molar-refractivity contribution in [2.24, 2.45) is 11.5 Å². The molecule has 0 aliphatic rings. The molecule has 0 aliphatic heterocycles. The fraction of sp³-hybridized carbons (Fsp3) is 0.200. The van der Waals surface area contributed by atoms with Crippen molar-refractivity contribution in [2.75, 3.05) is 5.32 Å². The lowest BCUT2D eigenvalue weighted by atomic mass is 10.1.